The van der Waals surface area contributed by atoms with E-state index in [1.807, 2.05) is 6.07 Å². The first-order valence-electron chi connectivity index (χ1n) is 6.55. The quantitative estimate of drug-likeness (QED) is 0.812. The van der Waals surface area contributed by atoms with Gasteiger partial charge in [0.15, 0.2) is 0 Å². The molecular formula is C16H15BrFNO2. The van der Waals surface area contributed by atoms with Gasteiger partial charge in [0.25, 0.3) is 0 Å². The van der Waals surface area contributed by atoms with E-state index in [9.17, 15) is 9.18 Å². The lowest BCUT2D eigenvalue weighted by molar-refractivity contribution is 0.0526. The molecule has 0 radical (unpaired) electrons. The third-order valence-corrected chi connectivity index (χ3v) is 3.37. The number of carbonyl (C=O) groups is 1. The highest BCUT2D eigenvalue weighted by atomic mass is 79.9. The molecule has 3 nitrogen and oxygen atoms in total. The minimum atomic E-state index is -0.365. The highest BCUT2D eigenvalue weighted by Gasteiger charge is 2.07. The van der Waals surface area contributed by atoms with Gasteiger partial charge in [-0.25, -0.2) is 9.18 Å². The molecule has 2 aromatic rings. The fourth-order valence-corrected chi connectivity index (χ4v) is 2.17. The van der Waals surface area contributed by atoms with Gasteiger partial charge in [0, 0.05) is 22.3 Å². The average molecular weight is 352 g/mol. The van der Waals surface area contributed by atoms with Crippen molar-refractivity contribution in [2.75, 3.05) is 11.9 Å². The Morgan fingerprint density at radius 1 is 1.29 bits per heavy atom. The Balaban J connectivity index is 2.06. The van der Waals surface area contributed by atoms with E-state index >= 15 is 0 Å². The van der Waals surface area contributed by atoms with E-state index in [-0.39, 0.29) is 11.8 Å². The van der Waals surface area contributed by atoms with Crippen molar-refractivity contribution in [2.24, 2.45) is 0 Å². The Morgan fingerprint density at radius 2 is 2.10 bits per heavy atom. The fraction of sp³-hybridized carbons (Fsp3) is 0.188. The molecule has 5 heteroatoms. The molecule has 0 aliphatic heterocycles. The van der Waals surface area contributed by atoms with Crippen molar-refractivity contribution in [2.45, 2.75) is 13.5 Å². The molecule has 110 valence electrons. The average Bonchev–Trinajstić information content (AvgIpc) is 2.47. The van der Waals surface area contributed by atoms with Gasteiger partial charge in [0.2, 0.25) is 0 Å². The SMILES string of the molecule is CCOC(=O)c1cccc(NCc2ccc(Br)cc2F)c1. The molecule has 0 aliphatic rings. The summed E-state index contributed by atoms with van der Waals surface area (Å²) in [5, 5.41) is 3.10. The largest absolute Gasteiger partial charge is 0.462 e. The van der Waals surface area contributed by atoms with E-state index in [2.05, 4.69) is 21.2 Å². The smallest absolute Gasteiger partial charge is 0.338 e. The number of nitrogens with one attached hydrogen (secondary N) is 1. The normalized spacial score (nSPS) is 10.2. The van der Waals surface area contributed by atoms with Crippen LogP contribution in [0.25, 0.3) is 0 Å². The maximum absolute atomic E-state index is 13.7. The summed E-state index contributed by atoms with van der Waals surface area (Å²) in [5.74, 6) is -0.644. The van der Waals surface area contributed by atoms with E-state index in [1.165, 1.54) is 6.07 Å². The summed E-state index contributed by atoms with van der Waals surface area (Å²) < 4.78 is 19.4. The summed E-state index contributed by atoms with van der Waals surface area (Å²) in [7, 11) is 0. The Labute approximate surface area is 131 Å². The van der Waals surface area contributed by atoms with Crippen LogP contribution in [0.15, 0.2) is 46.9 Å². The van der Waals surface area contributed by atoms with Gasteiger partial charge in [-0.05, 0) is 37.3 Å². The van der Waals surface area contributed by atoms with Crippen molar-refractivity contribution in [1.82, 2.24) is 0 Å². The Morgan fingerprint density at radius 3 is 2.81 bits per heavy atom. The first-order valence-corrected chi connectivity index (χ1v) is 7.34. The summed E-state index contributed by atoms with van der Waals surface area (Å²) in [4.78, 5) is 11.6. The molecule has 0 heterocycles. The lowest BCUT2D eigenvalue weighted by atomic mass is 10.2. The number of benzene rings is 2. The molecule has 0 fully saturated rings. The Hall–Kier alpha value is -1.88. The van der Waals surface area contributed by atoms with Gasteiger partial charge >= 0.3 is 5.97 Å². The van der Waals surface area contributed by atoms with Crippen molar-refractivity contribution in [3.05, 3.63) is 63.9 Å². The zero-order valence-electron chi connectivity index (χ0n) is 11.5. The van der Waals surface area contributed by atoms with Crippen molar-refractivity contribution in [3.63, 3.8) is 0 Å². The van der Waals surface area contributed by atoms with Crippen LogP contribution in [0.4, 0.5) is 10.1 Å². The molecule has 0 unspecified atom stereocenters. The molecule has 1 N–H and O–H groups in total. The van der Waals surface area contributed by atoms with E-state index in [0.29, 0.717) is 28.8 Å². The molecule has 0 amide bonds. The zero-order chi connectivity index (χ0) is 15.2. The van der Waals surface area contributed by atoms with E-state index in [1.54, 1.807) is 37.3 Å². The summed E-state index contributed by atoms with van der Waals surface area (Å²) in [5.41, 5.74) is 1.76. The monoisotopic (exact) mass is 351 g/mol. The van der Waals surface area contributed by atoms with Crippen molar-refractivity contribution >= 4 is 27.6 Å². The standard InChI is InChI=1S/C16H15BrFNO2/c1-2-21-16(20)11-4-3-5-14(8-11)19-10-12-6-7-13(17)9-15(12)18/h3-9,19H,2,10H2,1H3. The molecule has 0 saturated carbocycles. The highest BCUT2D eigenvalue weighted by molar-refractivity contribution is 9.10. The number of ether oxygens (including phenoxy) is 1. The van der Waals surface area contributed by atoms with Crippen molar-refractivity contribution in [3.8, 4) is 0 Å². The number of rotatable bonds is 5. The third kappa shape index (κ3) is 4.29. The maximum Gasteiger partial charge on any atom is 0.338 e. The molecule has 0 spiro atoms. The van der Waals surface area contributed by atoms with Crippen LogP contribution in [0.5, 0.6) is 0 Å². The van der Waals surface area contributed by atoms with Gasteiger partial charge in [0.1, 0.15) is 5.82 Å². The van der Waals surface area contributed by atoms with Gasteiger partial charge in [-0.15, -0.1) is 0 Å². The number of carbonyl (C=O) groups excluding carboxylic acids is 1. The summed E-state index contributed by atoms with van der Waals surface area (Å²) in [6.45, 7) is 2.43. The second-order valence-electron chi connectivity index (χ2n) is 4.39. The number of esters is 1. The minimum Gasteiger partial charge on any atom is -0.462 e. The predicted octanol–water partition coefficient (Wildman–Crippen LogP) is 4.38. The van der Waals surface area contributed by atoms with Crippen molar-refractivity contribution < 1.29 is 13.9 Å². The first-order chi connectivity index (χ1) is 10.1. The van der Waals surface area contributed by atoms with Crippen LogP contribution >= 0.6 is 15.9 Å². The number of hydrogen-bond donors (Lipinski definition) is 1. The Bertz CT molecular complexity index is 646. The van der Waals surface area contributed by atoms with E-state index < -0.39 is 0 Å². The number of halogens is 2. The highest BCUT2D eigenvalue weighted by Crippen LogP contribution is 2.17. The van der Waals surface area contributed by atoms with Gasteiger partial charge in [-0.3, -0.25) is 0 Å². The van der Waals surface area contributed by atoms with E-state index in [4.69, 9.17) is 4.74 Å². The second-order valence-corrected chi connectivity index (χ2v) is 5.31. The van der Waals surface area contributed by atoms with Gasteiger partial charge in [0.05, 0.1) is 12.2 Å². The third-order valence-electron chi connectivity index (χ3n) is 2.87. The van der Waals surface area contributed by atoms with Crippen LogP contribution in [0.2, 0.25) is 0 Å². The minimum absolute atomic E-state index is 0.279. The topological polar surface area (TPSA) is 38.3 Å². The molecular weight excluding hydrogens is 337 g/mol. The molecule has 2 rings (SSSR count). The zero-order valence-corrected chi connectivity index (χ0v) is 13.1. The van der Waals surface area contributed by atoms with E-state index in [0.717, 1.165) is 5.69 Å². The molecule has 0 saturated heterocycles. The number of anilines is 1. The Kier molecular flexibility index (Phi) is 5.33. The maximum atomic E-state index is 13.7. The van der Waals surface area contributed by atoms with Crippen LogP contribution in [0, 0.1) is 5.82 Å². The summed E-state index contributed by atoms with van der Waals surface area (Å²) in [6, 6.07) is 11.9. The van der Waals surface area contributed by atoms with Gasteiger partial charge in [-0.1, -0.05) is 28.1 Å². The molecule has 0 bridgehead atoms. The fourth-order valence-electron chi connectivity index (χ4n) is 1.83. The van der Waals surface area contributed by atoms with Crippen LogP contribution in [-0.4, -0.2) is 12.6 Å². The van der Waals surface area contributed by atoms with Crippen LogP contribution < -0.4 is 5.32 Å². The lowest BCUT2D eigenvalue weighted by Gasteiger charge is -2.09. The predicted molar refractivity (Wildman–Crippen MR) is 83.8 cm³/mol. The van der Waals surface area contributed by atoms with Crippen LogP contribution in [-0.2, 0) is 11.3 Å². The van der Waals surface area contributed by atoms with Gasteiger partial charge < -0.3 is 10.1 Å². The molecule has 0 atom stereocenters. The van der Waals surface area contributed by atoms with Crippen molar-refractivity contribution in [1.29, 1.82) is 0 Å². The summed E-state index contributed by atoms with van der Waals surface area (Å²) in [6.07, 6.45) is 0. The molecule has 0 aromatic heterocycles. The summed E-state index contributed by atoms with van der Waals surface area (Å²) >= 11 is 3.22. The van der Waals surface area contributed by atoms with Crippen LogP contribution in [0.3, 0.4) is 0 Å². The lowest BCUT2D eigenvalue weighted by Crippen LogP contribution is -2.06. The molecule has 2 aromatic carbocycles. The van der Waals surface area contributed by atoms with Crippen LogP contribution in [0.1, 0.15) is 22.8 Å². The van der Waals surface area contributed by atoms with Gasteiger partial charge in [-0.2, -0.15) is 0 Å². The molecule has 0 aliphatic carbocycles. The number of hydrogen-bond acceptors (Lipinski definition) is 3. The molecule has 21 heavy (non-hydrogen) atoms. The first kappa shape index (κ1) is 15.5. The second kappa shape index (κ2) is 7.22.